The van der Waals surface area contributed by atoms with Crippen molar-refractivity contribution in [3.63, 3.8) is 0 Å². The summed E-state index contributed by atoms with van der Waals surface area (Å²) in [5, 5.41) is 2.87. The predicted octanol–water partition coefficient (Wildman–Crippen LogP) is 4.44. The molecule has 0 aliphatic rings. The molecule has 0 aliphatic heterocycles. The molecule has 25 heavy (non-hydrogen) atoms. The maximum Gasteiger partial charge on any atom is 0.257 e. The maximum absolute atomic E-state index is 12.4. The normalized spacial score (nSPS) is 10.2. The summed E-state index contributed by atoms with van der Waals surface area (Å²) in [6, 6.07) is 16.3. The van der Waals surface area contributed by atoms with E-state index in [1.165, 1.54) is 6.20 Å². The van der Waals surface area contributed by atoms with Gasteiger partial charge in [-0.2, -0.15) is 0 Å². The van der Waals surface area contributed by atoms with Crippen LogP contribution in [0.25, 0.3) is 0 Å². The number of methoxy groups -OCH3 is 1. The molecule has 5 heteroatoms. The number of hydrogen-bond acceptors (Lipinski definition) is 4. The second-order valence-corrected chi connectivity index (χ2v) is 5.48. The number of amides is 1. The average molecular weight is 334 g/mol. The second-order valence-electron chi connectivity index (χ2n) is 5.48. The summed E-state index contributed by atoms with van der Waals surface area (Å²) in [4.78, 5) is 16.3. The van der Waals surface area contributed by atoms with Gasteiger partial charge in [-0.3, -0.25) is 9.78 Å². The van der Waals surface area contributed by atoms with Crippen LogP contribution in [0.5, 0.6) is 17.2 Å². The van der Waals surface area contributed by atoms with Crippen LogP contribution >= 0.6 is 0 Å². The van der Waals surface area contributed by atoms with Crippen LogP contribution in [0, 0.1) is 6.92 Å². The Morgan fingerprint density at radius 1 is 1.04 bits per heavy atom. The van der Waals surface area contributed by atoms with Gasteiger partial charge >= 0.3 is 0 Å². The molecule has 0 atom stereocenters. The monoisotopic (exact) mass is 334 g/mol. The van der Waals surface area contributed by atoms with Crippen molar-refractivity contribution in [3.8, 4) is 17.2 Å². The van der Waals surface area contributed by atoms with Crippen molar-refractivity contribution in [2.24, 2.45) is 0 Å². The van der Waals surface area contributed by atoms with Gasteiger partial charge in [0, 0.05) is 18.5 Å². The first-order chi connectivity index (χ1) is 12.2. The SMILES string of the molecule is COc1cccc(Oc2cc(C)ccc2NC(=O)c2cccnc2)c1. The largest absolute Gasteiger partial charge is 0.497 e. The molecule has 0 spiro atoms. The Kier molecular flexibility index (Phi) is 4.95. The van der Waals surface area contributed by atoms with E-state index >= 15 is 0 Å². The van der Waals surface area contributed by atoms with E-state index in [2.05, 4.69) is 10.3 Å². The van der Waals surface area contributed by atoms with Crippen molar-refractivity contribution in [2.75, 3.05) is 12.4 Å². The van der Waals surface area contributed by atoms with Crippen molar-refractivity contribution in [2.45, 2.75) is 6.92 Å². The minimum atomic E-state index is -0.243. The van der Waals surface area contributed by atoms with Crippen LogP contribution in [-0.2, 0) is 0 Å². The number of nitrogens with one attached hydrogen (secondary N) is 1. The van der Waals surface area contributed by atoms with Gasteiger partial charge in [0.1, 0.15) is 11.5 Å². The molecule has 0 saturated carbocycles. The lowest BCUT2D eigenvalue weighted by molar-refractivity contribution is 0.102. The van der Waals surface area contributed by atoms with Crippen molar-refractivity contribution >= 4 is 11.6 Å². The molecule has 0 radical (unpaired) electrons. The van der Waals surface area contributed by atoms with E-state index in [0.717, 1.165) is 5.56 Å². The summed E-state index contributed by atoms with van der Waals surface area (Å²) in [5.41, 5.74) is 2.09. The number of nitrogens with zero attached hydrogens (tertiary/aromatic N) is 1. The quantitative estimate of drug-likeness (QED) is 0.749. The van der Waals surface area contributed by atoms with E-state index in [4.69, 9.17) is 9.47 Å². The number of hydrogen-bond donors (Lipinski definition) is 1. The average Bonchev–Trinajstić information content (AvgIpc) is 2.65. The van der Waals surface area contributed by atoms with E-state index in [9.17, 15) is 4.79 Å². The Bertz CT molecular complexity index is 879. The molecule has 0 fully saturated rings. The van der Waals surface area contributed by atoms with Gasteiger partial charge in [0.15, 0.2) is 5.75 Å². The van der Waals surface area contributed by atoms with Crippen molar-refractivity contribution in [1.82, 2.24) is 4.98 Å². The third-order valence-electron chi connectivity index (χ3n) is 3.58. The molecule has 1 aromatic heterocycles. The minimum absolute atomic E-state index is 0.243. The predicted molar refractivity (Wildman–Crippen MR) is 96.4 cm³/mol. The summed E-state index contributed by atoms with van der Waals surface area (Å²) < 4.78 is 11.2. The fourth-order valence-electron chi connectivity index (χ4n) is 2.30. The van der Waals surface area contributed by atoms with E-state index in [0.29, 0.717) is 28.5 Å². The zero-order valence-electron chi connectivity index (χ0n) is 14.0. The van der Waals surface area contributed by atoms with Crippen LogP contribution in [0.15, 0.2) is 67.0 Å². The van der Waals surface area contributed by atoms with Crippen LogP contribution < -0.4 is 14.8 Å². The van der Waals surface area contributed by atoms with Crippen molar-refractivity contribution in [1.29, 1.82) is 0 Å². The highest BCUT2D eigenvalue weighted by atomic mass is 16.5. The zero-order chi connectivity index (χ0) is 17.6. The van der Waals surface area contributed by atoms with Gasteiger partial charge in [-0.15, -0.1) is 0 Å². The molecule has 0 aliphatic carbocycles. The molecule has 0 unspecified atom stereocenters. The van der Waals surface area contributed by atoms with Crippen LogP contribution in [-0.4, -0.2) is 18.0 Å². The second kappa shape index (κ2) is 7.49. The summed E-state index contributed by atoms with van der Waals surface area (Å²) >= 11 is 0. The number of carbonyl (C=O) groups excluding carboxylic acids is 1. The van der Waals surface area contributed by atoms with Gasteiger partial charge in [0.25, 0.3) is 5.91 Å². The third kappa shape index (κ3) is 4.14. The third-order valence-corrected chi connectivity index (χ3v) is 3.58. The number of aryl methyl sites for hydroxylation is 1. The minimum Gasteiger partial charge on any atom is -0.497 e. The molecular weight excluding hydrogens is 316 g/mol. The Labute approximate surface area is 146 Å². The van der Waals surface area contributed by atoms with Gasteiger partial charge < -0.3 is 14.8 Å². The molecule has 126 valence electrons. The van der Waals surface area contributed by atoms with Crippen LogP contribution in [0.1, 0.15) is 15.9 Å². The summed E-state index contributed by atoms with van der Waals surface area (Å²) in [7, 11) is 1.60. The molecule has 1 heterocycles. The molecule has 1 amide bonds. The lowest BCUT2D eigenvalue weighted by Crippen LogP contribution is -2.12. The Balaban J connectivity index is 1.86. The fraction of sp³-hybridized carbons (Fsp3) is 0.100. The molecular formula is C20H18N2O3. The van der Waals surface area contributed by atoms with Crippen LogP contribution in [0.2, 0.25) is 0 Å². The standard InChI is InChI=1S/C20H18N2O3/c1-14-8-9-18(22-20(23)15-5-4-10-21-13-15)19(11-14)25-17-7-3-6-16(12-17)24-2/h3-13H,1-2H3,(H,22,23). The van der Waals surface area contributed by atoms with Gasteiger partial charge in [-0.1, -0.05) is 12.1 Å². The molecule has 3 rings (SSSR count). The number of anilines is 1. The van der Waals surface area contributed by atoms with Crippen LogP contribution in [0.3, 0.4) is 0 Å². The van der Waals surface area contributed by atoms with Gasteiger partial charge in [-0.25, -0.2) is 0 Å². The van der Waals surface area contributed by atoms with Crippen molar-refractivity contribution in [3.05, 3.63) is 78.1 Å². The zero-order valence-corrected chi connectivity index (χ0v) is 14.0. The molecule has 3 aromatic rings. The highest BCUT2D eigenvalue weighted by molar-refractivity contribution is 6.04. The molecule has 2 aromatic carbocycles. The van der Waals surface area contributed by atoms with E-state index in [1.54, 1.807) is 31.5 Å². The van der Waals surface area contributed by atoms with E-state index in [-0.39, 0.29) is 5.91 Å². The van der Waals surface area contributed by atoms with Crippen molar-refractivity contribution < 1.29 is 14.3 Å². The van der Waals surface area contributed by atoms with Crippen LogP contribution in [0.4, 0.5) is 5.69 Å². The number of pyridine rings is 1. The lowest BCUT2D eigenvalue weighted by atomic mass is 10.2. The lowest BCUT2D eigenvalue weighted by Gasteiger charge is -2.13. The summed E-state index contributed by atoms with van der Waals surface area (Å²) in [5.74, 6) is 1.64. The number of benzene rings is 2. The first kappa shape index (κ1) is 16.5. The number of rotatable bonds is 5. The highest BCUT2D eigenvalue weighted by Crippen LogP contribution is 2.32. The fourth-order valence-corrected chi connectivity index (χ4v) is 2.30. The summed E-state index contributed by atoms with van der Waals surface area (Å²) in [6.07, 6.45) is 3.14. The maximum atomic E-state index is 12.4. The topological polar surface area (TPSA) is 60.5 Å². The Hall–Kier alpha value is -3.34. The first-order valence-electron chi connectivity index (χ1n) is 7.79. The molecule has 0 saturated heterocycles. The molecule has 1 N–H and O–H groups in total. The molecule has 5 nitrogen and oxygen atoms in total. The molecule has 0 bridgehead atoms. The van der Waals surface area contributed by atoms with E-state index < -0.39 is 0 Å². The smallest absolute Gasteiger partial charge is 0.257 e. The van der Waals surface area contributed by atoms with E-state index in [1.807, 2.05) is 43.3 Å². The van der Waals surface area contributed by atoms with Gasteiger partial charge in [0.2, 0.25) is 0 Å². The van der Waals surface area contributed by atoms with Gasteiger partial charge in [-0.05, 0) is 48.9 Å². The number of aromatic nitrogens is 1. The number of carbonyl (C=O) groups is 1. The Morgan fingerprint density at radius 2 is 1.88 bits per heavy atom. The first-order valence-corrected chi connectivity index (χ1v) is 7.79. The highest BCUT2D eigenvalue weighted by Gasteiger charge is 2.11. The summed E-state index contributed by atoms with van der Waals surface area (Å²) in [6.45, 7) is 1.96. The number of ether oxygens (including phenoxy) is 2. The Morgan fingerprint density at radius 3 is 2.64 bits per heavy atom. The van der Waals surface area contributed by atoms with Gasteiger partial charge in [0.05, 0.1) is 18.4 Å².